The first-order chi connectivity index (χ1) is 12.1. The smallest absolute Gasteiger partial charge is 0.235 e. The van der Waals surface area contributed by atoms with Gasteiger partial charge in [-0.1, -0.05) is 31.2 Å². The van der Waals surface area contributed by atoms with Gasteiger partial charge >= 0.3 is 0 Å². The highest BCUT2D eigenvalue weighted by molar-refractivity contribution is 5.83. The van der Waals surface area contributed by atoms with Gasteiger partial charge < -0.3 is 16.0 Å². The Bertz CT molecular complexity index is 626. The van der Waals surface area contributed by atoms with Crippen LogP contribution in [0.2, 0.25) is 0 Å². The van der Waals surface area contributed by atoms with Gasteiger partial charge in [0.2, 0.25) is 11.8 Å². The first-order valence-corrected chi connectivity index (χ1v) is 9.18. The summed E-state index contributed by atoms with van der Waals surface area (Å²) in [4.78, 5) is 28.7. The number of nitrogens with one attached hydrogen (secondary N) is 1. The van der Waals surface area contributed by atoms with E-state index in [1.165, 1.54) is 5.56 Å². The minimum Gasteiger partial charge on any atom is -0.368 e. The van der Waals surface area contributed by atoms with Gasteiger partial charge in [-0.3, -0.25) is 14.5 Å². The number of nitrogens with zero attached hydrogens (tertiary/aromatic N) is 2. The van der Waals surface area contributed by atoms with Crippen molar-refractivity contribution in [1.29, 1.82) is 0 Å². The number of benzene rings is 1. The fourth-order valence-electron chi connectivity index (χ4n) is 3.88. The number of fused-ring (bicyclic) bond motifs is 1. The first-order valence-electron chi connectivity index (χ1n) is 9.18. The number of hydrogen-bond acceptors (Lipinski definition) is 4. The number of carbonyl (C=O) groups excluding carboxylic acids is 2. The topological polar surface area (TPSA) is 78.7 Å². The van der Waals surface area contributed by atoms with Crippen LogP contribution in [-0.2, 0) is 22.6 Å². The molecule has 0 unspecified atom stereocenters. The predicted molar refractivity (Wildman–Crippen MR) is 96.8 cm³/mol. The zero-order valence-corrected chi connectivity index (χ0v) is 14.9. The second-order valence-corrected chi connectivity index (χ2v) is 7.07. The van der Waals surface area contributed by atoms with Gasteiger partial charge in [-0.2, -0.15) is 0 Å². The van der Waals surface area contributed by atoms with Crippen molar-refractivity contribution in [3.05, 3.63) is 35.4 Å². The molecule has 1 saturated heterocycles. The molecular weight excluding hydrogens is 316 g/mol. The van der Waals surface area contributed by atoms with E-state index in [1.807, 2.05) is 23.1 Å². The Balaban J connectivity index is 1.59. The van der Waals surface area contributed by atoms with Gasteiger partial charge in [0, 0.05) is 25.7 Å². The monoisotopic (exact) mass is 344 g/mol. The summed E-state index contributed by atoms with van der Waals surface area (Å²) in [6.45, 7) is 6.09. The van der Waals surface area contributed by atoms with E-state index in [9.17, 15) is 9.59 Å². The molecule has 6 heteroatoms. The summed E-state index contributed by atoms with van der Waals surface area (Å²) in [5.41, 5.74) is 7.91. The summed E-state index contributed by atoms with van der Waals surface area (Å²) in [6.07, 6.45) is 2.55. The second-order valence-electron chi connectivity index (χ2n) is 7.07. The Morgan fingerprint density at radius 3 is 2.52 bits per heavy atom. The maximum absolute atomic E-state index is 12.5. The molecule has 0 saturated carbocycles. The fraction of sp³-hybridized carbons (Fsp3) is 0.579. The normalized spacial score (nSPS) is 22.4. The quantitative estimate of drug-likeness (QED) is 0.815. The van der Waals surface area contributed by atoms with E-state index in [1.54, 1.807) is 0 Å². The van der Waals surface area contributed by atoms with Crippen LogP contribution in [0.1, 0.15) is 30.9 Å². The molecule has 1 aromatic carbocycles. The van der Waals surface area contributed by atoms with Crippen molar-refractivity contribution in [2.24, 2.45) is 5.73 Å². The minimum atomic E-state index is -0.414. The molecule has 2 heterocycles. The van der Waals surface area contributed by atoms with Gasteiger partial charge in [0.25, 0.3) is 0 Å². The largest absolute Gasteiger partial charge is 0.368 e. The van der Waals surface area contributed by atoms with E-state index in [4.69, 9.17) is 5.73 Å². The maximum Gasteiger partial charge on any atom is 0.235 e. The van der Waals surface area contributed by atoms with Gasteiger partial charge in [0.1, 0.15) is 0 Å². The van der Waals surface area contributed by atoms with Crippen molar-refractivity contribution in [1.82, 2.24) is 15.1 Å². The van der Waals surface area contributed by atoms with Crippen molar-refractivity contribution in [2.75, 3.05) is 26.2 Å². The lowest BCUT2D eigenvalue weighted by atomic mass is 9.93. The number of amides is 2. The summed E-state index contributed by atoms with van der Waals surface area (Å²) in [5.74, 6) is -0.376. The molecule has 2 aliphatic heterocycles. The van der Waals surface area contributed by atoms with Crippen LogP contribution in [0.3, 0.4) is 0 Å². The van der Waals surface area contributed by atoms with Gasteiger partial charge in [-0.05, 0) is 36.9 Å². The van der Waals surface area contributed by atoms with Crippen molar-refractivity contribution >= 4 is 11.8 Å². The molecular formula is C19H28N4O2. The Morgan fingerprint density at radius 2 is 1.88 bits per heavy atom. The van der Waals surface area contributed by atoms with Crippen molar-refractivity contribution in [2.45, 2.75) is 44.8 Å². The van der Waals surface area contributed by atoms with Crippen LogP contribution in [0.15, 0.2) is 24.3 Å². The number of likely N-dealkylation sites (tertiary alicyclic amines) is 1. The van der Waals surface area contributed by atoms with E-state index in [2.05, 4.69) is 23.2 Å². The standard InChI is InChI=1S/C19H28N4O2/c1-2-22-9-7-16(8-10-22)21-18(24)13-23-12-15-6-4-3-5-14(15)11-17(23)19(20)25/h3-6,16-17H,2,7-13H2,1H3,(H2,20,25)(H,21,24)/t17-/m0/s1. The summed E-state index contributed by atoms with van der Waals surface area (Å²) < 4.78 is 0. The number of piperidine rings is 1. The van der Waals surface area contributed by atoms with Gasteiger partial charge in [0.15, 0.2) is 0 Å². The Labute approximate surface area is 149 Å². The molecule has 1 aromatic rings. The third-order valence-corrected chi connectivity index (χ3v) is 5.42. The Kier molecular flexibility index (Phi) is 5.71. The molecule has 0 radical (unpaired) electrons. The molecule has 0 bridgehead atoms. The average Bonchev–Trinajstić information content (AvgIpc) is 2.61. The van der Waals surface area contributed by atoms with E-state index >= 15 is 0 Å². The molecule has 3 rings (SSSR count). The number of rotatable bonds is 5. The summed E-state index contributed by atoms with van der Waals surface area (Å²) >= 11 is 0. The molecule has 0 spiro atoms. The molecule has 1 atom stereocenters. The van der Waals surface area contributed by atoms with Crippen molar-refractivity contribution < 1.29 is 9.59 Å². The van der Waals surface area contributed by atoms with Gasteiger partial charge in [-0.15, -0.1) is 0 Å². The number of primary amides is 1. The lowest BCUT2D eigenvalue weighted by Gasteiger charge is -2.35. The van der Waals surface area contributed by atoms with Crippen molar-refractivity contribution in [3.63, 3.8) is 0 Å². The zero-order chi connectivity index (χ0) is 17.8. The minimum absolute atomic E-state index is 0.0134. The van der Waals surface area contributed by atoms with Crippen LogP contribution >= 0.6 is 0 Å². The molecule has 0 aliphatic carbocycles. The molecule has 25 heavy (non-hydrogen) atoms. The number of carbonyl (C=O) groups is 2. The summed E-state index contributed by atoms with van der Waals surface area (Å²) in [6, 6.07) is 7.87. The SMILES string of the molecule is CCN1CCC(NC(=O)CN2Cc3ccccc3C[C@H]2C(N)=O)CC1. The molecule has 1 fully saturated rings. The highest BCUT2D eigenvalue weighted by Crippen LogP contribution is 2.23. The molecule has 3 N–H and O–H groups in total. The van der Waals surface area contributed by atoms with Crippen LogP contribution < -0.4 is 11.1 Å². The first kappa shape index (κ1) is 17.9. The van der Waals surface area contributed by atoms with E-state index in [0.29, 0.717) is 13.0 Å². The lowest BCUT2D eigenvalue weighted by molar-refractivity contribution is -0.128. The molecule has 136 valence electrons. The van der Waals surface area contributed by atoms with E-state index in [-0.39, 0.29) is 24.4 Å². The third-order valence-electron chi connectivity index (χ3n) is 5.42. The lowest BCUT2D eigenvalue weighted by Crippen LogP contribution is -2.53. The Hall–Kier alpha value is -1.92. The molecule has 2 amide bonds. The Morgan fingerprint density at radius 1 is 1.20 bits per heavy atom. The van der Waals surface area contributed by atoms with Gasteiger partial charge in [-0.25, -0.2) is 0 Å². The van der Waals surface area contributed by atoms with Crippen LogP contribution in [0.5, 0.6) is 0 Å². The van der Waals surface area contributed by atoms with Crippen molar-refractivity contribution in [3.8, 4) is 0 Å². The third kappa shape index (κ3) is 4.38. The molecule has 0 aromatic heterocycles. The maximum atomic E-state index is 12.5. The van der Waals surface area contributed by atoms with Gasteiger partial charge in [0.05, 0.1) is 12.6 Å². The number of hydrogen-bond donors (Lipinski definition) is 2. The van der Waals surface area contributed by atoms with E-state index < -0.39 is 6.04 Å². The highest BCUT2D eigenvalue weighted by Gasteiger charge is 2.31. The zero-order valence-electron chi connectivity index (χ0n) is 14.9. The number of nitrogens with two attached hydrogens (primary N) is 1. The van der Waals surface area contributed by atoms with Crippen LogP contribution in [0.4, 0.5) is 0 Å². The van der Waals surface area contributed by atoms with E-state index in [0.717, 1.165) is 38.0 Å². The van der Waals surface area contributed by atoms with Crippen LogP contribution in [0, 0.1) is 0 Å². The van der Waals surface area contributed by atoms with Crippen LogP contribution in [0.25, 0.3) is 0 Å². The fourth-order valence-corrected chi connectivity index (χ4v) is 3.88. The average molecular weight is 344 g/mol. The predicted octanol–water partition coefficient (Wildman–Crippen LogP) is 0.499. The second kappa shape index (κ2) is 7.97. The molecule has 2 aliphatic rings. The summed E-state index contributed by atoms with van der Waals surface area (Å²) in [7, 11) is 0. The summed E-state index contributed by atoms with van der Waals surface area (Å²) in [5, 5.41) is 3.13. The van der Waals surface area contributed by atoms with Crippen LogP contribution in [-0.4, -0.2) is 59.9 Å². The highest BCUT2D eigenvalue weighted by atomic mass is 16.2. The molecule has 6 nitrogen and oxygen atoms in total.